The Balaban J connectivity index is 2.02. The zero-order valence-electron chi connectivity index (χ0n) is 10.3. The van der Waals surface area contributed by atoms with Crippen LogP contribution in [0.4, 0.5) is 0 Å². The first-order valence-corrected chi connectivity index (χ1v) is 6.25. The van der Waals surface area contributed by atoms with Gasteiger partial charge in [-0.2, -0.15) is 0 Å². The lowest BCUT2D eigenvalue weighted by Crippen LogP contribution is -2.31. The molecule has 94 valence electrons. The molecule has 0 unspecified atom stereocenters. The van der Waals surface area contributed by atoms with E-state index in [1.54, 1.807) is 12.5 Å². The van der Waals surface area contributed by atoms with Crippen molar-refractivity contribution in [1.29, 1.82) is 0 Å². The van der Waals surface area contributed by atoms with Crippen molar-refractivity contribution in [2.75, 3.05) is 13.1 Å². The molecule has 1 aliphatic heterocycles. The SMILES string of the molecule is CC[C@@H](N)c1cncn1CC(=O)N1CCCC1. The number of nitrogens with two attached hydrogens (primary N) is 1. The maximum Gasteiger partial charge on any atom is 0.242 e. The van der Waals surface area contributed by atoms with Gasteiger partial charge in [0.05, 0.1) is 12.0 Å². The van der Waals surface area contributed by atoms with Crippen molar-refractivity contribution in [3.8, 4) is 0 Å². The molecule has 1 amide bonds. The molecule has 2 rings (SSSR count). The minimum Gasteiger partial charge on any atom is -0.341 e. The highest BCUT2D eigenvalue weighted by Crippen LogP contribution is 2.14. The Bertz CT molecular complexity index is 382. The molecule has 1 fully saturated rings. The Labute approximate surface area is 102 Å². The molecule has 2 heterocycles. The van der Waals surface area contributed by atoms with Gasteiger partial charge in [-0.1, -0.05) is 6.92 Å². The highest BCUT2D eigenvalue weighted by atomic mass is 16.2. The van der Waals surface area contributed by atoms with Crippen LogP contribution >= 0.6 is 0 Å². The minimum atomic E-state index is -0.0381. The van der Waals surface area contributed by atoms with Crippen LogP contribution in [-0.4, -0.2) is 33.4 Å². The second kappa shape index (κ2) is 5.31. The Morgan fingerprint density at radius 1 is 1.53 bits per heavy atom. The van der Waals surface area contributed by atoms with Gasteiger partial charge in [0.25, 0.3) is 0 Å². The van der Waals surface area contributed by atoms with E-state index in [2.05, 4.69) is 4.98 Å². The zero-order chi connectivity index (χ0) is 12.3. The summed E-state index contributed by atoms with van der Waals surface area (Å²) >= 11 is 0. The summed E-state index contributed by atoms with van der Waals surface area (Å²) in [7, 11) is 0. The van der Waals surface area contributed by atoms with Crippen LogP contribution in [-0.2, 0) is 11.3 Å². The number of carbonyl (C=O) groups is 1. The predicted molar refractivity (Wildman–Crippen MR) is 65.3 cm³/mol. The molecule has 0 bridgehead atoms. The molecule has 1 saturated heterocycles. The first kappa shape index (κ1) is 12.1. The van der Waals surface area contributed by atoms with Crippen molar-refractivity contribution in [1.82, 2.24) is 14.5 Å². The summed E-state index contributed by atoms with van der Waals surface area (Å²) in [5.74, 6) is 0.171. The molecule has 0 aliphatic carbocycles. The number of aromatic nitrogens is 2. The number of hydrogen-bond donors (Lipinski definition) is 1. The van der Waals surface area contributed by atoms with Gasteiger partial charge >= 0.3 is 0 Å². The molecule has 2 N–H and O–H groups in total. The third-order valence-corrected chi connectivity index (χ3v) is 3.33. The van der Waals surface area contributed by atoms with E-state index in [0.717, 1.165) is 38.0 Å². The summed E-state index contributed by atoms with van der Waals surface area (Å²) in [4.78, 5) is 18.0. The van der Waals surface area contributed by atoms with Gasteiger partial charge in [0, 0.05) is 25.3 Å². The van der Waals surface area contributed by atoms with E-state index in [0.29, 0.717) is 6.54 Å². The van der Waals surface area contributed by atoms with Crippen LogP contribution in [0.1, 0.15) is 37.9 Å². The van der Waals surface area contributed by atoms with Crippen molar-refractivity contribution in [3.63, 3.8) is 0 Å². The summed E-state index contributed by atoms with van der Waals surface area (Å²) in [5, 5.41) is 0. The molecule has 0 radical (unpaired) electrons. The standard InChI is InChI=1S/C12H20N4O/c1-2-10(13)11-7-14-9-16(11)8-12(17)15-5-3-4-6-15/h7,9-10H,2-6,8,13H2,1H3/t10-/m1/s1. The van der Waals surface area contributed by atoms with E-state index in [4.69, 9.17) is 5.73 Å². The smallest absolute Gasteiger partial charge is 0.242 e. The maximum atomic E-state index is 12.0. The maximum absolute atomic E-state index is 12.0. The molecule has 17 heavy (non-hydrogen) atoms. The monoisotopic (exact) mass is 236 g/mol. The normalized spacial score (nSPS) is 17.4. The van der Waals surface area contributed by atoms with Crippen LogP contribution < -0.4 is 5.73 Å². The van der Waals surface area contributed by atoms with Crippen molar-refractivity contribution in [2.45, 2.75) is 38.8 Å². The second-order valence-corrected chi connectivity index (χ2v) is 4.55. The fourth-order valence-electron chi connectivity index (χ4n) is 2.19. The third-order valence-electron chi connectivity index (χ3n) is 3.33. The van der Waals surface area contributed by atoms with Crippen molar-refractivity contribution < 1.29 is 4.79 Å². The summed E-state index contributed by atoms with van der Waals surface area (Å²) < 4.78 is 1.87. The Hall–Kier alpha value is -1.36. The van der Waals surface area contributed by atoms with Gasteiger partial charge in [-0.05, 0) is 19.3 Å². The molecular formula is C12H20N4O. The van der Waals surface area contributed by atoms with E-state index < -0.39 is 0 Å². The van der Waals surface area contributed by atoms with Crippen LogP contribution in [0.15, 0.2) is 12.5 Å². The van der Waals surface area contributed by atoms with E-state index in [9.17, 15) is 4.79 Å². The largest absolute Gasteiger partial charge is 0.341 e. The average Bonchev–Trinajstić information content (AvgIpc) is 2.98. The number of rotatable bonds is 4. The van der Waals surface area contributed by atoms with Gasteiger partial charge in [-0.15, -0.1) is 0 Å². The van der Waals surface area contributed by atoms with Crippen LogP contribution in [0.25, 0.3) is 0 Å². The minimum absolute atomic E-state index is 0.0381. The van der Waals surface area contributed by atoms with Gasteiger partial charge < -0.3 is 15.2 Å². The van der Waals surface area contributed by atoms with Gasteiger partial charge in [0.15, 0.2) is 0 Å². The van der Waals surface area contributed by atoms with Crippen molar-refractivity contribution in [3.05, 3.63) is 18.2 Å². The van der Waals surface area contributed by atoms with Gasteiger partial charge in [0.2, 0.25) is 5.91 Å². The van der Waals surface area contributed by atoms with Gasteiger partial charge in [-0.25, -0.2) is 4.98 Å². The second-order valence-electron chi connectivity index (χ2n) is 4.55. The molecule has 1 aromatic rings. The van der Waals surface area contributed by atoms with E-state index >= 15 is 0 Å². The van der Waals surface area contributed by atoms with Crippen molar-refractivity contribution >= 4 is 5.91 Å². The summed E-state index contributed by atoms with van der Waals surface area (Å²) in [5.41, 5.74) is 6.93. The lowest BCUT2D eigenvalue weighted by atomic mass is 10.2. The third kappa shape index (κ3) is 2.66. The van der Waals surface area contributed by atoms with Crippen LogP contribution in [0.2, 0.25) is 0 Å². The summed E-state index contributed by atoms with van der Waals surface area (Å²) in [6.07, 6.45) is 6.54. The fraction of sp³-hybridized carbons (Fsp3) is 0.667. The molecule has 0 spiro atoms. The number of hydrogen-bond acceptors (Lipinski definition) is 3. The quantitative estimate of drug-likeness (QED) is 0.845. The van der Waals surface area contributed by atoms with Crippen LogP contribution in [0.5, 0.6) is 0 Å². The number of nitrogens with zero attached hydrogens (tertiary/aromatic N) is 3. The van der Waals surface area contributed by atoms with Crippen LogP contribution in [0.3, 0.4) is 0 Å². The summed E-state index contributed by atoms with van der Waals surface area (Å²) in [6, 6.07) is -0.0381. The lowest BCUT2D eigenvalue weighted by Gasteiger charge is -2.18. The first-order chi connectivity index (χ1) is 8.22. The molecule has 5 heteroatoms. The Morgan fingerprint density at radius 2 is 2.24 bits per heavy atom. The number of carbonyl (C=O) groups excluding carboxylic acids is 1. The lowest BCUT2D eigenvalue weighted by molar-refractivity contribution is -0.130. The summed E-state index contributed by atoms with van der Waals surface area (Å²) in [6.45, 7) is 4.18. The molecule has 1 atom stereocenters. The molecule has 0 aromatic carbocycles. The molecule has 1 aromatic heterocycles. The highest BCUT2D eigenvalue weighted by molar-refractivity contribution is 5.76. The zero-order valence-corrected chi connectivity index (χ0v) is 10.3. The van der Waals surface area contributed by atoms with E-state index in [-0.39, 0.29) is 11.9 Å². The predicted octanol–water partition coefficient (Wildman–Crippen LogP) is 0.915. The van der Waals surface area contributed by atoms with E-state index in [1.807, 2.05) is 16.4 Å². The van der Waals surface area contributed by atoms with Crippen molar-refractivity contribution in [2.24, 2.45) is 5.73 Å². The molecular weight excluding hydrogens is 216 g/mol. The fourth-order valence-corrected chi connectivity index (χ4v) is 2.19. The van der Waals surface area contributed by atoms with Crippen LogP contribution in [0, 0.1) is 0 Å². The van der Waals surface area contributed by atoms with Gasteiger partial charge in [-0.3, -0.25) is 4.79 Å². The molecule has 1 aliphatic rings. The number of likely N-dealkylation sites (tertiary alicyclic amines) is 1. The van der Waals surface area contributed by atoms with E-state index in [1.165, 1.54) is 0 Å². The Morgan fingerprint density at radius 3 is 2.88 bits per heavy atom. The highest BCUT2D eigenvalue weighted by Gasteiger charge is 2.19. The average molecular weight is 236 g/mol. The number of amides is 1. The topological polar surface area (TPSA) is 64.1 Å². The molecule has 0 saturated carbocycles. The van der Waals surface area contributed by atoms with Gasteiger partial charge in [0.1, 0.15) is 6.54 Å². The first-order valence-electron chi connectivity index (χ1n) is 6.25. The molecule has 5 nitrogen and oxygen atoms in total. The number of imidazole rings is 1. The Kier molecular flexibility index (Phi) is 3.78.